The lowest BCUT2D eigenvalue weighted by Gasteiger charge is -2.42. The fourth-order valence-corrected chi connectivity index (χ4v) is 3.06. The van der Waals surface area contributed by atoms with Gasteiger partial charge in [0, 0.05) is 5.54 Å². The van der Waals surface area contributed by atoms with E-state index in [0.717, 1.165) is 0 Å². The van der Waals surface area contributed by atoms with Crippen molar-refractivity contribution in [2.45, 2.75) is 73.3 Å². The quantitative estimate of drug-likeness (QED) is 0.234. The van der Waals surface area contributed by atoms with Gasteiger partial charge in [-0.1, -0.05) is 24.3 Å². The lowest BCUT2D eigenvalue weighted by atomic mass is 9.91. The van der Waals surface area contributed by atoms with Crippen LogP contribution in [0.2, 0.25) is 0 Å². The van der Waals surface area contributed by atoms with E-state index in [9.17, 15) is 83.1 Å². The summed E-state index contributed by atoms with van der Waals surface area (Å²) < 4.78 is 242. The smallest absolute Gasteiger partial charge is 0.322 e. The Morgan fingerprint density at radius 3 is 1.15 bits per heavy atom. The molecule has 236 valence electrons. The van der Waals surface area contributed by atoms with Gasteiger partial charge < -0.3 is 5.73 Å². The minimum atomic E-state index is -8.89. The van der Waals surface area contributed by atoms with Crippen LogP contribution in [0.4, 0.5) is 74.6 Å². The van der Waals surface area contributed by atoms with E-state index in [4.69, 9.17) is 10.3 Å². The van der Waals surface area contributed by atoms with Crippen LogP contribution >= 0.6 is 0 Å². The van der Waals surface area contributed by atoms with E-state index in [0.29, 0.717) is 0 Å². The van der Waals surface area contributed by atoms with Gasteiger partial charge in [-0.3, -0.25) is 4.55 Å². The first-order valence-electron chi connectivity index (χ1n) is 9.55. The van der Waals surface area contributed by atoms with E-state index in [1.54, 1.807) is 0 Å². The molecular weight excluding hydrogens is 633 g/mol. The molecular formula is C18H16F17NO3S. The standard InChI is InChI=1S/C10H15N.C8HF17O3S/c1-8-6-4-5-7-9(8)10(2,3)11;9-1(10,3(13,14)5(17,18)7(21,22)23)2(11,12)4(15,16)6(19,20)8(24,25)29(26,27)28/h4-7H,11H2,1-3H3;(H,26,27,28). The molecule has 0 aliphatic heterocycles. The monoisotopic (exact) mass is 649 g/mol. The molecule has 0 spiro atoms. The highest BCUT2D eigenvalue weighted by Gasteiger charge is 2.96. The minimum Gasteiger partial charge on any atom is -0.322 e. The fraction of sp³-hybridized carbons (Fsp3) is 0.667. The SMILES string of the molecule is Cc1ccccc1C(C)(C)N.O=S(=O)(O)C(F)(F)C(F)(F)C(F)(F)C(F)(F)C(F)(F)C(F)(F)C(F)(F)C(F)(F)F. The Bertz CT molecular complexity index is 1150. The first-order valence-corrected chi connectivity index (χ1v) is 11.0. The summed E-state index contributed by atoms with van der Waals surface area (Å²) in [5.41, 5.74) is 8.23. The Labute approximate surface area is 213 Å². The zero-order valence-corrected chi connectivity index (χ0v) is 20.3. The summed E-state index contributed by atoms with van der Waals surface area (Å²) in [6.45, 7) is 6.13. The summed E-state index contributed by atoms with van der Waals surface area (Å²) >= 11 is 0. The highest BCUT2D eigenvalue weighted by molar-refractivity contribution is 7.87. The molecule has 0 amide bonds. The highest BCUT2D eigenvalue weighted by Crippen LogP contribution is 2.64. The molecule has 0 saturated carbocycles. The van der Waals surface area contributed by atoms with Crippen LogP contribution in [-0.2, 0) is 15.7 Å². The second-order valence-electron chi connectivity index (χ2n) is 8.47. The van der Waals surface area contributed by atoms with Gasteiger partial charge in [0.05, 0.1) is 0 Å². The van der Waals surface area contributed by atoms with Crippen molar-refractivity contribution >= 4 is 10.1 Å². The number of halogens is 17. The number of aryl methyl sites for hydroxylation is 1. The van der Waals surface area contributed by atoms with E-state index in [1.165, 1.54) is 11.1 Å². The largest absolute Gasteiger partial charge is 0.460 e. The van der Waals surface area contributed by atoms with Crippen molar-refractivity contribution in [1.82, 2.24) is 0 Å². The van der Waals surface area contributed by atoms with Crippen molar-refractivity contribution in [3.8, 4) is 0 Å². The van der Waals surface area contributed by atoms with E-state index in [-0.39, 0.29) is 5.54 Å². The van der Waals surface area contributed by atoms with Crippen molar-refractivity contribution in [2.24, 2.45) is 5.73 Å². The van der Waals surface area contributed by atoms with Gasteiger partial charge in [-0.05, 0) is 31.9 Å². The van der Waals surface area contributed by atoms with Crippen LogP contribution in [0.25, 0.3) is 0 Å². The lowest BCUT2D eigenvalue weighted by molar-refractivity contribution is -0.458. The Kier molecular flexibility index (Phi) is 9.77. The minimum absolute atomic E-state index is 0.217. The summed E-state index contributed by atoms with van der Waals surface area (Å²) in [6, 6.07) is 8.22. The molecule has 0 aliphatic carbocycles. The second kappa shape index (κ2) is 10.3. The molecule has 22 heteroatoms. The Morgan fingerprint density at radius 1 is 0.600 bits per heavy atom. The predicted molar refractivity (Wildman–Crippen MR) is 101 cm³/mol. The summed E-state index contributed by atoms with van der Waals surface area (Å²) in [6.07, 6.45) is -7.88. The van der Waals surface area contributed by atoms with Crippen molar-refractivity contribution in [2.75, 3.05) is 0 Å². The Morgan fingerprint density at radius 2 is 0.900 bits per heavy atom. The third-order valence-corrected chi connectivity index (χ3v) is 5.76. The zero-order chi connectivity index (χ0) is 33.0. The number of hydrogen-bond acceptors (Lipinski definition) is 3. The van der Waals surface area contributed by atoms with Gasteiger partial charge in [-0.25, -0.2) is 0 Å². The van der Waals surface area contributed by atoms with E-state index >= 15 is 0 Å². The normalized spacial score (nSPS) is 15.4. The summed E-state index contributed by atoms with van der Waals surface area (Å²) in [4.78, 5) is 0. The average Bonchev–Trinajstić information content (AvgIpc) is 2.71. The molecule has 0 heterocycles. The molecule has 3 N–H and O–H groups in total. The number of rotatable bonds is 8. The summed E-state index contributed by atoms with van der Waals surface area (Å²) in [7, 11) is -7.89. The average molecular weight is 649 g/mol. The van der Waals surface area contributed by atoms with Gasteiger partial charge >= 0.3 is 57.1 Å². The molecule has 0 unspecified atom stereocenters. The van der Waals surface area contributed by atoms with Crippen LogP contribution in [0.15, 0.2) is 24.3 Å². The first kappa shape index (κ1) is 37.9. The molecule has 0 fully saturated rings. The summed E-state index contributed by atoms with van der Waals surface area (Å²) in [5.74, 6) is -52.0. The zero-order valence-electron chi connectivity index (χ0n) is 19.5. The van der Waals surface area contributed by atoms with Crippen molar-refractivity contribution in [3.63, 3.8) is 0 Å². The van der Waals surface area contributed by atoms with Gasteiger partial charge in [0.2, 0.25) is 0 Å². The van der Waals surface area contributed by atoms with Crippen LogP contribution in [0.3, 0.4) is 0 Å². The van der Waals surface area contributed by atoms with Crippen LogP contribution < -0.4 is 5.73 Å². The molecule has 40 heavy (non-hydrogen) atoms. The fourth-order valence-electron chi connectivity index (χ4n) is 2.61. The van der Waals surface area contributed by atoms with Gasteiger partial charge in [0.25, 0.3) is 0 Å². The molecule has 0 radical (unpaired) electrons. The molecule has 1 aromatic carbocycles. The maximum Gasteiger partial charge on any atom is 0.460 e. The topological polar surface area (TPSA) is 80.4 Å². The van der Waals surface area contributed by atoms with Gasteiger partial charge in [0.15, 0.2) is 0 Å². The van der Waals surface area contributed by atoms with Gasteiger partial charge in [-0.2, -0.15) is 83.1 Å². The third-order valence-electron chi connectivity index (χ3n) is 4.86. The molecule has 0 aliphatic rings. The van der Waals surface area contributed by atoms with Gasteiger partial charge in [-0.15, -0.1) is 0 Å². The molecule has 0 bridgehead atoms. The Balaban J connectivity index is 0.00000114. The van der Waals surface area contributed by atoms with Crippen LogP contribution in [0.5, 0.6) is 0 Å². The van der Waals surface area contributed by atoms with E-state index in [2.05, 4.69) is 19.1 Å². The molecule has 0 atom stereocenters. The van der Waals surface area contributed by atoms with E-state index in [1.807, 2.05) is 26.0 Å². The van der Waals surface area contributed by atoms with E-state index < -0.39 is 57.1 Å². The predicted octanol–water partition coefficient (Wildman–Crippen LogP) is 7.03. The second-order valence-corrected chi connectivity index (χ2v) is 9.94. The van der Waals surface area contributed by atoms with Crippen molar-refractivity contribution < 1.29 is 87.6 Å². The van der Waals surface area contributed by atoms with Crippen molar-refractivity contribution in [3.05, 3.63) is 35.4 Å². The van der Waals surface area contributed by atoms with Crippen LogP contribution in [-0.4, -0.2) is 59.9 Å². The number of nitrogens with two attached hydrogens (primary N) is 1. The molecule has 0 saturated heterocycles. The number of hydrogen-bond donors (Lipinski definition) is 2. The van der Waals surface area contributed by atoms with Gasteiger partial charge in [0.1, 0.15) is 0 Å². The van der Waals surface area contributed by atoms with Crippen molar-refractivity contribution in [1.29, 1.82) is 0 Å². The summed E-state index contributed by atoms with van der Waals surface area (Å²) in [5, 5.41) is -7.84. The third kappa shape index (κ3) is 5.79. The first-order chi connectivity index (χ1) is 17.0. The Hall–Kier alpha value is -2.10. The maximum atomic E-state index is 13.0. The molecule has 1 rings (SSSR count). The number of benzene rings is 1. The maximum absolute atomic E-state index is 13.0. The van der Waals surface area contributed by atoms with Crippen LogP contribution in [0, 0.1) is 6.92 Å². The lowest BCUT2D eigenvalue weighted by Crippen LogP contribution is -2.74. The van der Waals surface area contributed by atoms with Crippen LogP contribution in [0.1, 0.15) is 25.0 Å². The molecule has 4 nitrogen and oxygen atoms in total. The molecule has 0 aromatic heterocycles. The molecule has 1 aromatic rings. The highest BCUT2D eigenvalue weighted by atomic mass is 32.2. The number of alkyl halides is 17.